The molecule has 0 aliphatic rings. The van der Waals surface area contributed by atoms with Crippen molar-refractivity contribution in [2.75, 3.05) is 0 Å². The van der Waals surface area contributed by atoms with Gasteiger partial charge in [-0.25, -0.2) is 4.98 Å². The summed E-state index contributed by atoms with van der Waals surface area (Å²) in [6.45, 7) is 1.46. The molecule has 120 valence electrons. The van der Waals surface area contributed by atoms with Gasteiger partial charge in [0.2, 0.25) is 0 Å². The fraction of sp³-hybridized carbons (Fsp3) is 0.308. The second-order valence-corrected chi connectivity index (χ2v) is 4.58. The molecule has 0 spiro atoms. The van der Waals surface area contributed by atoms with Gasteiger partial charge in [0.1, 0.15) is 11.6 Å². The predicted molar refractivity (Wildman–Crippen MR) is 65.1 cm³/mol. The van der Waals surface area contributed by atoms with Crippen LogP contribution in [0.2, 0.25) is 0 Å². The van der Waals surface area contributed by atoms with Crippen molar-refractivity contribution in [1.29, 1.82) is 0 Å². The second-order valence-electron chi connectivity index (χ2n) is 4.58. The highest BCUT2D eigenvalue weighted by Crippen LogP contribution is 2.33. The lowest BCUT2D eigenvalue weighted by atomic mass is 10.1. The molecule has 22 heavy (non-hydrogen) atoms. The first kappa shape index (κ1) is 16.2. The number of aryl methyl sites for hydroxylation is 2. The summed E-state index contributed by atoms with van der Waals surface area (Å²) < 4.78 is 79.2. The molecule has 2 aromatic rings. The van der Waals surface area contributed by atoms with Crippen molar-refractivity contribution in [3.63, 3.8) is 0 Å². The van der Waals surface area contributed by atoms with Gasteiger partial charge in [-0.2, -0.15) is 13.2 Å². The zero-order chi connectivity index (χ0) is 16.7. The highest BCUT2D eigenvalue weighted by Gasteiger charge is 2.35. The van der Waals surface area contributed by atoms with Gasteiger partial charge in [-0.3, -0.25) is 0 Å². The number of hydrogen-bond donors (Lipinski definition) is 0. The summed E-state index contributed by atoms with van der Waals surface area (Å²) in [7, 11) is 1.37. The van der Waals surface area contributed by atoms with E-state index in [1.807, 2.05) is 0 Å². The monoisotopic (exact) mass is 324 g/mol. The number of rotatable bonds is 2. The molecule has 0 amide bonds. The number of benzene rings is 1. The summed E-state index contributed by atoms with van der Waals surface area (Å²) in [5, 5.41) is 0. The Labute approximate surface area is 121 Å². The summed E-state index contributed by atoms with van der Waals surface area (Å²) in [5.41, 5.74) is -0.475. The van der Waals surface area contributed by atoms with Crippen LogP contribution in [0, 0.1) is 6.92 Å². The smallest absolute Gasteiger partial charge is 0.406 e. The first-order valence-electron chi connectivity index (χ1n) is 5.95. The Kier molecular flexibility index (Phi) is 3.84. The van der Waals surface area contributed by atoms with Crippen molar-refractivity contribution in [3.05, 3.63) is 35.7 Å². The number of imidazole rings is 1. The average molecular weight is 324 g/mol. The van der Waals surface area contributed by atoms with E-state index in [0.29, 0.717) is 5.56 Å². The maximum Gasteiger partial charge on any atom is 0.573 e. The number of halogens is 6. The van der Waals surface area contributed by atoms with E-state index < -0.39 is 24.0 Å². The number of nitrogens with zero attached hydrogens (tertiary/aromatic N) is 2. The Bertz CT molecular complexity index is 687. The summed E-state index contributed by atoms with van der Waals surface area (Å²) in [5.74, 6) is -0.442. The van der Waals surface area contributed by atoms with E-state index in [0.717, 1.165) is 22.9 Å². The van der Waals surface area contributed by atoms with Gasteiger partial charge >= 0.3 is 12.5 Å². The lowest BCUT2D eigenvalue weighted by Gasteiger charge is -2.11. The summed E-state index contributed by atoms with van der Waals surface area (Å²) >= 11 is 0. The minimum Gasteiger partial charge on any atom is -0.406 e. The molecule has 0 bridgehead atoms. The van der Waals surface area contributed by atoms with Crippen LogP contribution in [0.1, 0.15) is 11.3 Å². The topological polar surface area (TPSA) is 27.1 Å². The van der Waals surface area contributed by atoms with Crippen LogP contribution in [0.4, 0.5) is 26.3 Å². The molecule has 1 aromatic carbocycles. The van der Waals surface area contributed by atoms with Crippen LogP contribution in [0.15, 0.2) is 24.4 Å². The minimum absolute atomic E-state index is 0.00313. The first-order chi connectivity index (χ1) is 9.97. The lowest BCUT2D eigenvalue weighted by molar-refractivity contribution is -0.274. The normalized spacial score (nSPS) is 12.5. The van der Waals surface area contributed by atoms with E-state index >= 15 is 0 Å². The van der Waals surface area contributed by atoms with Crippen LogP contribution >= 0.6 is 0 Å². The van der Waals surface area contributed by atoms with Gasteiger partial charge in [-0.15, -0.1) is 13.2 Å². The maximum atomic E-state index is 12.6. The fourth-order valence-electron chi connectivity index (χ4n) is 1.94. The molecular weight excluding hydrogens is 314 g/mol. The van der Waals surface area contributed by atoms with Gasteiger partial charge < -0.3 is 9.30 Å². The van der Waals surface area contributed by atoms with Crippen molar-refractivity contribution in [1.82, 2.24) is 9.55 Å². The maximum absolute atomic E-state index is 12.6. The van der Waals surface area contributed by atoms with Crippen LogP contribution < -0.4 is 4.74 Å². The molecular formula is C13H10F6N2O. The lowest BCUT2D eigenvalue weighted by Crippen LogP contribution is -2.17. The van der Waals surface area contributed by atoms with Crippen LogP contribution in [-0.2, 0) is 13.2 Å². The second kappa shape index (κ2) is 5.22. The molecule has 0 aliphatic carbocycles. The number of ether oxygens (including phenoxy) is 1. The molecule has 3 nitrogen and oxygen atoms in total. The van der Waals surface area contributed by atoms with Gasteiger partial charge in [0, 0.05) is 18.8 Å². The van der Waals surface area contributed by atoms with Gasteiger partial charge in [-0.05, 0) is 30.7 Å². The Morgan fingerprint density at radius 2 is 1.73 bits per heavy atom. The molecule has 0 saturated carbocycles. The van der Waals surface area contributed by atoms with Gasteiger partial charge in [0.15, 0.2) is 5.69 Å². The Balaban J connectivity index is 2.40. The number of aromatic nitrogens is 2. The standard InChI is InChI=1S/C13H10F6N2O/c1-7-5-8(22-13(17,18)19)3-4-9(7)11-20-10(6-21(11)2)12(14,15)16/h3-6H,1-2H3. The quantitative estimate of drug-likeness (QED) is 0.770. The largest absolute Gasteiger partial charge is 0.573 e. The Hall–Kier alpha value is -2.19. The third-order valence-electron chi connectivity index (χ3n) is 2.84. The molecule has 0 fully saturated rings. The molecule has 0 saturated heterocycles. The molecule has 0 aliphatic heterocycles. The van der Waals surface area contributed by atoms with E-state index in [2.05, 4.69) is 9.72 Å². The summed E-state index contributed by atoms with van der Waals surface area (Å²) in [4.78, 5) is 3.49. The molecule has 0 atom stereocenters. The highest BCUT2D eigenvalue weighted by molar-refractivity contribution is 5.62. The SMILES string of the molecule is Cc1cc(OC(F)(F)F)ccc1-c1nc(C(F)(F)F)cn1C. The molecule has 0 N–H and O–H groups in total. The zero-order valence-corrected chi connectivity index (χ0v) is 11.4. The summed E-state index contributed by atoms with van der Waals surface area (Å²) in [6, 6.07) is 3.35. The fourth-order valence-corrected chi connectivity index (χ4v) is 1.94. The highest BCUT2D eigenvalue weighted by atomic mass is 19.4. The third-order valence-corrected chi connectivity index (χ3v) is 2.84. The molecule has 0 unspecified atom stereocenters. The van der Waals surface area contributed by atoms with Crippen molar-refractivity contribution in [2.24, 2.45) is 7.05 Å². The average Bonchev–Trinajstić information content (AvgIpc) is 2.69. The number of alkyl halides is 6. The van der Waals surface area contributed by atoms with E-state index in [1.54, 1.807) is 0 Å². The van der Waals surface area contributed by atoms with E-state index in [1.165, 1.54) is 20.0 Å². The Morgan fingerprint density at radius 1 is 1.09 bits per heavy atom. The van der Waals surface area contributed by atoms with E-state index in [4.69, 9.17) is 0 Å². The first-order valence-corrected chi connectivity index (χ1v) is 5.95. The van der Waals surface area contributed by atoms with Crippen LogP contribution in [-0.4, -0.2) is 15.9 Å². The van der Waals surface area contributed by atoms with E-state index in [-0.39, 0.29) is 11.4 Å². The van der Waals surface area contributed by atoms with Crippen molar-refractivity contribution in [2.45, 2.75) is 19.5 Å². The van der Waals surface area contributed by atoms with Crippen molar-refractivity contribution >= 4 is 0 Å². The van der Waals surface area contributed by atoms with Crippen LogP contribution in [0.25, 0.3) is 11.4 Å². The third kappa shape index (κ3) is 3.52. The predicted octanol–water partition coefficient (Wildman–Crippen LogP) is 4.31. The molecule has 1 aromatic heterocycles. The van der Waals surface area contributed by atoms with Crippen molar-refractivity contribution < 1.29 is 31.1 Å². The van der Waals surface area contributed by atoms with Crippen LogP contribution in [0.5, 0.6) is 5.75 Å². The zero-order valence-electron chi connectivity index (χ0n) is 11.4. The molecule has 1 heterocycles. The molecule has 9 heteroatoms. The van der Waals surface area contributed by atoms with Gasteiger partial charge in [0.05, 0.1) is 0 Å². The molecule has 2 rings (SSSR count). The Morgan fingerprint density at radius 3 is 2.18 bits per heavy atom. The molecule has 0 radical (unpaired) electrons. The number of hydrogen-bond acceptors (Lipinski definition) is 2. The van der Waals surface area contributed by atoms with E-state index in [9.17, 15) is 26.3 Å². The summed E-state index contributed by atoms with van der Waals surface area (Å²) in [6.07, 6.45) is -8.61. The van der Waals surface area contributed by atoms with Crippen molar-refractivity contribution in [3.8, 4) is 17.1 Å². The van der Waals surface area contributed by atoms with Crippen LogP contribution in [0.3, 0.4) is 0 Å². The minimum atomic E-state index is -4.83. The van der Waals surface area contributed by atoms with Gasteiger partial charge in [-0.1, -0.05) is 0 Å². The van der Waals surface area contributed by atoms with Gasteiger partial charge in [0.25, 0.3) is 0 Å².